The molecule has 38 heavy (non-hydrogen) atoms. The second-order valence-electron chi connectivity index (χ2n) is 10.8. The average molecular weight is 557 g/mol. The first kappa shape index (κ1) is 28.3. The van der Waals surface area contributed by atoms with Gasteiger partial charge in [0.25, 0.3) is 0 Å². The summed E-state index contributed by atoms with van der Waals surface area (Å²) in [6.45, 7) is 12.6. The summed E-state index contributed by atoms with van der Waals surface area (Å²) < 4.78 is 18.7. The number of hydrogen-bond acceptors (Lipinski definition) is 6. The number of nitrogens with zero attached hydrogens (tertiary/aromatic N) is 3. The Hall–Kier alpha value is -2.68. The first-order valence-electron chi connectivity index (χ1n) is 13.0. The molecule has 0 radical (unpaired) electrons. The first-order valence-corrected chi connectivity index (χ1v) is 14.6. The van der Waals surface area contributed by atoms with Crippen LogP contribution in [0.2, 0.25) is 5.02 Å². The molecule has 204 valence electrons. The van der Waals surface area contributed by atoms with Crippen molar-refractivity contribution in [2.75, 3.05) is 35.5 Å². The van der Waals surface area contributed by atoms with Crippen LogP contribution in [0.25, 0.3) is 0 Å². The van der Waals surface area contributed by atoms with Crippen molar-refractivity contribution in [3.8, 4) is 0 Å². The quantitative estimate of drug-likeness (QED) is 0.256. The van der Waals surface area contributed by atoms with E-state index in [1.807, 2.05) is 37.3 Å². The Morgan fingerprint density at radius 3 is 2.42 bits per heavy atom. The van der Waals surface area contributed by atoms with Gasteiger partial charge in [-0.2, -0.15) is 4.98 Å². The maximum Gasteiger partial charge on any atom is 0.229 e. The summed E-state index contributed by atoms with van der Waals surface area (Å²) in [4.78, 5) is 11.4. The van der Waals surface area contributed by atoms with E-state index in [0.717, 1.165) is 48.4 Å². The van der Waals surface area contributed by atoms with E-state index in [0.29, 0.717) is 22.5 Å². The largest absolute Gasteiger partial charge is 0.340 e. The molecule has 3 aromatic rings. The molecule has 0 aliphatic carbocycles. The summed E-state index contributed by atoms with van der Waals surface area (Å²) in [6, 6.07) is 11.1. The fraction of sp³-hybridized carbons (Fsp3) is 0.414. The first-order chi connectivity index (χ1) is 18.0. The van der Waals surface area contributed by atoms with Crippen molar-refractivity contribution in [1.29, 1.82) is 0 Å². The molecule has 0 bridgehead atoms. The number of aromatic nitrogens is 2. The van der Waals surface area contributed by atoms with Gasteiger partial charge in [0.15, 0.2) is 0 Å². The molecule has 9 heteroatoms. The molecule has 4 rings (SSSR count). The summed E-state index contributed by atoms with van der Waals surface area (Å²) in [7, 11) is 1.98. The average Bonchev–Trinajstić information content (AvgIpc) is 2.84. The van der Waals surface area contributed by atoms with Gasteiger partial charge >= 0.3 is 0 Å². The monoisotopic (exact) mass is 556 g/mol. The smallest absolute Gasteiger partial charge is 0.229 e. The lowest BCUT2D eigenvalue weighted by Gasteiger charge is -2.29. The zero-order chi connectivity index (χ0) is 27.4. The number of piperidine rings is 1. The van der Waals surface area contributed by atoms with Gasteiger partial charge in [-0.05, 0) is 115 Å². The number of hydrogen-bond donors (Lipinski definition) is 3. The van der Waals surface area contributed by atoms with Gasteiger partial charge in [0.05, 0.1) is 0 Å². The topological polar surface area (TPSA) is 65.1 Å². The van der Waals surface area contributed by atoms with Crippen LogP contribution in [-0.4, -0.2) is 45.1 Å². The van der Waals surface area contributed by atoms with Crippen LogP contribution in [0.5, 0.6) is 0 Å². The van der Waals surface area contributed by atoms with Crippen molar-refractivity contribution < 1.29 is 4.39 Å². The third-order valence-electron chi connectivity index (χ3n) is 6.67. The summed E-state index contributed by atoms with van der Waals surface area (Å²) in [5.74, 6) is 1.11. The number of likely N-dealkylation sites (tertiary alicyclic amines) is 1. The Labute approximate surface area is 233 Å². The maximum absolute atomic E-state index is 15.0. The molecule has 1 aliphatic heterocycles. The molecule has 1 aliphatic rings. The Kier molecular flexibility index (Phi) is 8.96. The van der Waals surface area contributed by atoms with Crippen molar-refractivity contribution >= 4 is 56.5 Å². The molecule has 1 unspecified atom stereocenters. The number of anilines is 5. The minimum absolute atomic E-state index is 0.0826. The van der Waals surface area contributed by atoms with Crippen molar-refractivity contribution in [3.05, 3.63) is 64.6 Å². The van der Waals surface area contributed by atoms with E-state index in [1.165, 1.54) is 6.07 Å². The molecule has 1 aromatic heterocycles. The zero-order valence-electron chi connectivity index (χ0n) is 23.0. The van der Waals surface area contributed by atoms with Crippen molar-refractivity contribution in [1.82, 2.24) is 14.9 Å². The van der Waals surface area contributed by atoms with Crippen molar-refractivity contribution in [2.45, 2.75) is 58.1 Å². The summed E-state index contributed by atoms with van der Waals surface area (Å²) in [5.41, 5.74) is 4.03. The SMILES string of the molecule is CC=S(Nc1cc(Cl)cc(Nc2nc(Nc3ccc(C4CCN(C)CC4)c(F)c3)ncc2C)c1)C(C)(C)C. The van der Waals surface area contributed by atoms with E-state index >= 15 is 4.39 Å². The molecule has 2 heterocycles. The minimum atomic E-state index is -0.187. The number of nitrogens with one attached hydrogen (secondary N) is 3. The third-order valence-corrected chi connectivity index (χ3v) is 9.14. The van der Waals surface area contributed by atoms with Crippen LogP contribution in [0.4, 0.5) is 33.2 Å². The molecule has 0 spiro atoms. The molecule has 1 saturated heterocycles. The Bertz CT molecular complexity index is 1310. The fourth-order valence-electron chi connectivity index (χ4n) is 4.56. The number of halogens is 2. The Balaban J connectivity index is 1.50. The lowest BCUT2D eigenvalue weighted by Crippen LogP contribution is -2.29. The van der Waals surface area contributed by atoms with Crippen LogP contribution in [0.3, 0.4) is 0 Å². The van der Waals surface area contributed by atoms with Gasteiger partial charge in [-0.3, -0.25) is 0 Å². The highest BCUT2D eigenvalue weighted by molar-refractivity contribution is 8.17. The second-order valence-corrected chi connectivity index (χ2v) is 13.8. The molecule has 2 aromatic carbocycles. The Morgan fingerprint density at radius 1 is 1.05 bits per heavy atom. The van der Waals surface area contributed by atoms with E-state index < -0.39 is 0 Å². The summed E-state index contributed by atoms with van der Waals surface area (Å²) in [5, 5.41) is 9.34. The van der Waals surface area contributed by atoms with Crippen LogP contribution >= 0.6 is 22.3 Å². The van der Waals surface area contributed by atoms with Gasteiger partial charge < -0.3 is 20.3 Å². The molecule has 3 N–H and O–H groups in total. The zero-order valence-corrected chi connectivity index (χ0v) is 24.6. The summed E-state index contributed by atoms with van der Waals surface area (Å²) in [6.07, 6.45) is 3.70. The van der Waals surface area contributed by atoms with Crippen molar-refractivity contribution in [2.24, 2.45) is 0 Å². The van der Waals surface area contributed by atoms with Gasteiger partial charge in [-0.25, -0.2) is 9.37 Å². The molecular weight excluding hydrogens is 519 g/mol. The minimum Gasteiger partial charge on any atom is -0.340 e. The Morgan fingerprint density at radius 2 is 1.76 bits per heavy atom. The van der Waals surface area contributed by atoms with E-state index in [1.54, 1.807) is 6.20 Å². The van der Waals surface area contributed by atoms with Crippen LogP contribution in [0.1, 0.15) is 57.6 Å². The second kappa shape index (κ2) is 12.0. The van der Waals surface area contributed by atoms with Crippen LogP contribution < -0.4 is 15.4 Å². The molecule has 1 fully saturated rings. The lowest BCUT2D eigenvalue weighted by molar-refractivity contribution is 0.253. The van der Waals surface area contributed by atoms with E-state index in [-0.39, 0.29) is 27.2 Å². The van der Waals surface area contributed by atoms with Gasteiger partial charge in [-0.15, -0.1) is 0 Å². The number of rotatable bonds is 7. The van der Waals surface area contributed by atoms with E-state index in [9.17, 15) is 0 Å². The highest BCUT2D eigenvalue weighted by Crippen LogP contribution is 2.35. The molecule has 6 nitrogen and oxygen atoms in total. The molecular formula is C29H38ClFN6S. The maximum atomic E-state index is 15.0. The molecule has 0 amide bonds. The fourth-order valence-corrected chi connectivity index (χ4v) is 6.30. The number of aryl methyl sites for hydroxylation is 1. The number of benzene rings is 2. The van der Waals surface area contributed by atoms with Crippen LogP contribution in [0.15, 0.2) is 42.6 Å². The third kappa shape index (κ3) is 7.24. The van der Waals surface area contributed by atoms with Gasteiger partial charge in [0.1, 0.15) is 11.6 Å². The van der Waals surface area contributed by atoms with Crippen LogP contribution in [0, 0.1) is 12.7 Å². The molecule has 1 atom stereocenters. The van der Waals surface area contributed by atoms with Gasteiger partial charge in [0, 0.05) is 38.6 Å². The van der Waals surface area contributed by atoms with Gasteiger partial charge in [-0.1, -0.05) is 28.3 Å². The van der Waals surface area contributed by atoms with Crippen molar-refractivity contribution in [3.63, 3.8) is 0 Å². The predicted molar refractivity (Wildman–Crippen MR) is 163 cm³/mol. The summed E-state index contributed by atoms with van der Waals surface area (Å²) >= 11 is 6.46. The molecule has 0 saturated carbocycles. The highest BCUT2D eigenvalue weighted by Gasteiger charge is 2.21. The van der Waals surface area contributed by atoms with Gasteiger partial charge in [0.2, 0.25) is 5.95 Å². The van der Waals surface area contributed by atoms with E-state index in [4.69, 9.17) is 11.6 Å². The highest BCUT2D eigenvalue weighted by atomic mass is 35.5. The predicted octanol–water partition coefficient (Wildman–Crippen LogP) is 8.09. The van der Waals surface area contributed by atoms with E-state index in [2.05, 4.69) is 70.3 Å². The van der Waals surface area contributed by atoms with Crippen LogP contribution in [-0.2, 0) is 0 Å². The lowest BCUT2D eigenvalue weighted by atomic mass is 9.89. The normalized spacial score (nSPS) is 15.9. The standard InChI is InChI=1S/C29H38ClFN6S/c1-7-38(29(3,4)5)36-24-15-21(30)14-23(16-24)33-27-19(2)18-32-28(35-27)34-22-8-9-25(26(31)17-22)20-10-12-37(6)13-11-20/h7-9,14-18,20,36H,10-13H2,1-6H3,(H2,32,33,34,35).